The van der Waals surface area contributed by atoms with E-state index in [1.54, 1.807) is 0 Å². The Morgan fingerprint density at radius 3 is 2.91 bits per heavy atom. The summed E-state index contributed by atoms with van der Waals surface area (Å²) in [7, 11) is 1.45. The predicted octanol–water partition coefficient (Wildman–Crippen LogP) is 4.19. The van der Waals surface area contributed by atoms with Crippen LogP contribution in [0.3, 0.4) is 0 Å². The van der Waals surface area contributed by atoms with Crippen molar-refractivity contribution in [3.05, 3.63) is 29.3 Å². The van der Waals surface area contributed by atoms with E-state index >= 15 is 0 Å². The van der Waals surface area contributed by atoms with Crippen molar-refractivity contribution in [3.8, 4) is 5.75 Å². The molecule has 4 rings (SSSR count). The lowest BCUT2D eigenvalue weighted by Crippen LogP contribution is -2.89. The Morgan fingerprint density at radius 2 is 2.19 bits per heavy atom. The van der Waals surface area contributed by atoms with Crippen molar-refractivity contribution in [2.24, 2.45) is 17.3 Å². The van der Waals surface area contributed by atoms with E-state index in [0.29, 0.717) is 24.7 Å². The first-order valence-corrected chi connectivity index (χ1v) is 12.7. The Labute approximate surface area is 193 Å². The van der Waals surface area contributed by atoms with Crippen molar-refractivity contribution in [2.45, 2.75) is 83.8 Å². The smallest absolute Gasteiger partial charge is 0.305 e. The Hall–Kier alpha value is -1.59. The summed E-state index contributed by atoms with van der Waals surface area (Å²) in [4.78, 5) is 11.6. The van der Waals surface area contributed by atoms with Crippen molar-refractivity contribution < 1.29 is 24.3 Å². The van der Waals surface area contributed by atoms with Gasteiger partial charge in [0.2, 0.25) is 0 Å². The lowest BCUT2D eigenvalue weighted by molar-refractivity contribution is -0.678. The maximum atomic E-state index is 11.6. The van der Waals surface area contributed by atoms with E-state index in [1.807, 2.05) is 0 Å². The van der Waals surface area contributed by atoms with E-state index in [-0.39, 0.29) is 23.1 Å². The first kappa shape index (κ1) is 23.6. The van der Waals surface area contributed by atoms with Gasteiger partial charge in [0.05, 0.1) is 32.9 Å². The molecule has 32 heavy (non-hydrogen) atoms. The Morgan fingerprint density at radius 1 is 1.34 bits per heavy atom. The number of fused-ring (bicyclic) bond motifs is 3. The number of carbonyl (C=O) groups excluding carboxylic acids is 1. The summed E-state index contributed by atoms with van der Waals surface area (Å²) in [5.74, 6) is 1.87. The Bertz CT molecular complexity index is 801. The van der Waals surface area contributed by atoms with Gasteiger partial charge in [-0.05, 0) is 69.1 Å². The number of hydrogen-bond acceptors (Lipinski definition) is 4. The van der Waals surface area contributed by atoms with Crippen molar-refractivity contribution in [1.29, 1.82) is 0 Å². The van der Waals surface area contributed by atoms with Gasteiger partial charge in [0.15, 0.2) is 0 Å². The summed E-state index contributed by atoms with van der Waals surface area (Å²) in [6.45, 7) is 10.2. The van der Waals surface area contributed by atoms with Crippen LogP contribution in [0.1, 0.15) is 82.9 Å². The molecule has 0 radical (unpaired) electrons. The molecule has 2 N–H and O–H groups in total. The Balaban J connectivity index is 1.60. The van der Waals surface area contributed by atoms with Crippen LogP contribution in [0, 0.1) is 17.3 Å². The first-order chi connectivity index (χ1) is 15.3. The number of carbonyl (C=O) groups is 1. The van der Waals surface area contributed by atoms with Gasteiger partial charge in [-0.1, -0.05) is 26.3 Å². The molecule has 1 aromatic carbocycles. The number of ether oxygens (including phenoxy) is 3. The number of piperidine rings is 1. The highest BCUT2D eigenvalue weighted by atomic mass is 16.5. The monoisotopic (exact) mass is 444 g/mol. The zero-order chi connectivity index (χ0) is 22.8. The van der Waals surface area contributed by atoms with Crippen LogP contribution in [0.25, 0.3) is 0 Å². The number of quaternary nitrogens is 1. The van der Waals surface area contributed by atoms with Crippen LogP contribution in [0.4, 0.5) is 0 Å². The molecule has 0 aromatic heterocycles. The van der Waals surface area contributed by atoms with Gasteiger partial charge in [0, 0.05) is 23.3 Å². The molecule has 5 nitrogen and oxygen atoms in total. The summed E-state index contributed by atoms with van der Waals surface area (Å²) in [6.07, 6.45) is 8.36. The number of methoxy groups -OCH3 is 1. The van der Waals surface area contributed by atoms with Crippen molar-refractivity contribution in [1.82, 2.24) is 0 Å². The molecule has 2 fully saturated rings. The second-order valence-corrected chi connectivity index (χ2v) is 11.1. The van der Waals surface area contributed by atoms with E-state index in [1.165, 1.54) is 57.9 Å². The topological polar surface area (TPSA) is 61.4 Å². The average Bonchev–Trinajstić information content (AvgIpc) is 2.78. The van der Waals surface area contributed by atoms with Crippen LogP contribution in [-0.2, 0) is 20.7 Å². The molecule has 178 valence electrons. The highest BCUT2D eigenvalue weighted by Gasteiger charge is 2.54. The van der Waals surface area contributed by atoms with Crippen LogP contribution >= 0.6 is 0 Å². The van der Waals surface area contributed by atoms with Crippen molar-refractivity contribution in [2.75, 3.05) is 26.8 Å². The Kier molecular flexibility index (Phi) is 7.16. The number of esters is 1. The summed E-state index contributed by atoms with van der Waals surface area (Å²) in [6, 6.07) is 6.41. The van der Waals surface area contributed by atoms with Gasteiger partial charge < -0.3 is 19.5 Å². The largest absolute Gasteiger partial charge is 0.487 e. The molecule has 3 aliphatic heterocycles. The third kappa shape index (κ3) is 4.99. The molecule has 0 amide bonds. The molecule has 0 saturated carbocycles. The van der Waals surface area contributed by atoms with Crippen LogP contribution in [0.2, 0.25) is 0 Å². The number of benzene rings is 1. The van der Waals surface area contributed by atoms with Gasteiger partial charge in [-0.15, -0.1) is 0 Å². The average molecular weight is 445 g/mol. The molecule has 3 heterocycles. The maximum absolute atomic E-state index is 11.6. The normalized spacial score (nSPS) is 31.7. The maximum Gasteiger partial charge on any atom is 0.305 e. The highest BCUT2D eigenvalue weighted by Crippen LogP contribution is 2.55. The fraction of sp³-hybridized carbons (Fsp3) is 0.741. The van der Waals surface area contributed by atoms with Crippen LogP contribution in [-0.4, -0.2) is 38.4 Å². The van der Waals surface area contributed by atoms with E-state index in [4.69, 9.17) is 14.2 Å². The molecule has 4 atom stereocenters. The second kappa shape index (κ2) is 9.72. The van der Waals surface area contributed by atoms with Crippen LogP contribution in [0.5, 0.6) is 5.75 Å². The first-order valence-electron chi connectivity index (χ1n) is 12.7. The SMILES string of the molecule is COC(=O)CCc1ccc2c(c1)[C@@H]1OC[C@]3(CCC[NH2+]C3)C[C@H]1[C@@](C)(CCCC(C)C)O2. The number of aryl methyl sites for hydroxylation is 1. The van der Waals surface area contributed by atoms with Crippen molar-refractivity contribution >= 4 is 5.97 Å². The molecule has 0 unspecified atom stereocenters. The molecule has 2 saturated heterocycles. The molecule has 1 spiro atoms. The van der Waals surface area contributed by atoms with Gasteiger partial charge in [-0.2, -0.15) is 0 Å². The lowest BCUT2D eigenvalue weighted by Gasteiger charge is -2.54. The fourth-order valence-electron chi connectivity index (χ4n) is 6.15. The third-order valence-corrected chi connectivity index (χ3v) is 8.09. The predicted molar refractivity (Wildman–Crippen MR) is 125 cm³/mol. The quantitative estimate of drug-likeness (QED) is 0.641. The zero-order valence-electron chi connectivity index (χ0n) is 20.5. The van der Waals surface area contributed by atoms with Gasteiger partial charge in [0.1, 0.15) is 11.4 Å². The number of rotatable bonds is 7. The minimum absolute atomic E-state index is 0.0772. The summed E-state index contributed by atoms with van der Waals surface area (Å²) >= 11 is 0. The van der Waals surface area contributed by atoms with Gasteiger partial charge in [-0.3, -0.25) is 4.79 Å². The third-order valence-electron chi connectivity index (χ3n) is 8.09. The minimum atomic E-state index is -0.203. The molecule has 3 aliphatic rings. The molecule has 0 aliphatic carbocycles. The molecular formula is C27H42NO4+. The molecule has 1 aromatic rings. The van der Waals surface area contributed by atoms with Gasteiger partial charge in [0.25, 0.3) is 0 Å². The van der Waals surface area contributed by atoms with Gasteiger partial charge in [-0.25, -0.2) is 0 Å². The standard InChI is InChI=1S/C27H41NO4/c1-19(2)7-5-12-26(3)22-16-27(13-6-14-28-17-27)18-31-25(22)21-15-20(8-10-23(21)32-26)9-11-24(29)30-4/h8,10,15,19,22,25,28H,5-7,9,11-14,16-18H2,1-4H3/p+1/t22-,25+,26-,27-/m1/s1. The fourth-order valence-corrected chi connectivity index (χ4v) is 6.15. The van der Waals surface area contributed by atoms with Crippen molar-refractivity contribution in [3.63, 3.8) is 0 Å². The second-order valence-electron chi connectivity index (χ2n) is 11.1. The van der Waals surface area contributed by atoms with Gasteiger partial charge >= 0.3 is 5.97 Å². The zero-order valence-corrected chi connectivity index (χ0v) is 20.5. The lowest BCUT2D eigenvalue weighted by atomic mass is 9.64. The summed E-state index contributed by atoms with van der Waals surface area (Å²) < 4.78 is 18.4. The number of nitrogens with two attached hydrogens (primary N) is 1. The molecular weight excluding hydrogens is 402 g/mol. The highest BCUT2D eigenvalue weighted by molar-refractivity contribution is 5.69. The minimum Gasteiger partial charge on any atom is -0.487 e. The van der Waals surface area contributed by atoms with Crippen LogP contribution < -0.4 is 10.1 Å². The van der Waals surface area contributed by atoms with E-state index < -0.39 is 0 Å². The van der Waals surface area contributed by atoms with E-state index in [9.17, 15) is 4.79 Å². The molecule has 0 bridgehead atoms. The summed E-state index contributed by atoms with van der Waals surface area (Å²) in [5.41, 5.74) is 2.40. The van der Waals surface area contributed by atoms with E-state index in [0.717, 1.165) is 24.3 Å². The van der Waals surface area contributed by atoms with Crippen LogP contribution in [0.15, 0.2) is 18.2 Å². The van der Waals surface area contributed by atoms with E-state index in [2.05, 4.69) is 44.3 Å². The number of hydrogen-bond donors (Lipinski definition) is 1. The molecule has 5 heteroatoms. The summed E-state index contributed by atoms with van der Waals surface area (Å²) in [5, 5.41) is 2.48.